The minimum Gasteiger partial charge on any atom is -0.469 e. The number of ether oxygens (including phenoxy) is 1. The molecular formula is C24H20O2. The molecule has 0 N–H and O–H groups in total. The average Bonchev–Trinajstić information content (AvgIpc) is 2.73. The van der Waals surface area contributed by atoms with E-state index in [2.05, 4.69) is 42.5 Å². The van der Waals surface area contributed by atoms with Crippen LogP contribution in [-0.4, -0.2) is 13.1 Å². The largest absolute Gasteiger partial charge is 0.469 e. The van der Waals surface area contributed by atoms with Gasteiger partial charge in [-0.3, -0.25) is 4.79 Å². The number of rotatable bonds is 3. The number of fused-ring (bicyclic) bond motifs is 1. The van der Waals surface area contributed by atoms with Crippen LogP contribution < -0.4 is 0 Å². The lowest BCUT2D eigenvalue weighted by Gasteiger charge is -2.30. The van der Waals surface area contributed by atoms with Crippen LogP contribution in [0, 0.1) is 5.92 Å². The highest BCUT2D eigenvalue weighted by molar-refractivity contribution is 6.07. The smallest absolute Gasteiger partial charge is 0.313 e. The zero-order valence-corrected chi connectivity index (χ0v) is 14.7. The minimum absolute atomic E-state index is 0.188. The Kier molecular flexibility index (Phi) is 4.40. The van der Waals surface area contributed by atoms with Crippen LogP contribution in [-0.2, 0) is 16.0 Å². The molecule has 0 amide bonds. The Morgan fingerprint density at radius 1 is 0.808 bits per heavy atom. The topological polar surface area (TPSA) is 26.3 Å². The number of hydrogen-bond acceptors (Lipinski definition) is 2. The van der Waals surface area contributed by atoms with E-state index in [1.54, 1.807) is 0 Å². The van der Waals surface area contributed by atoms with Gasteiger partial charge in [0.2, 0.25) is 0 Å². The first-order valence-corrected chi connectivity index (χ1v) is 8.80. The molecule has 2 heteroatoms. The molecule has 26 heavy (non-hydrogen) atoms. The molecule has 3 aromatic rings. The summed E-state index contributed by atoms with van der Waals surface area (Å²) in [5, 5.41) is 0. The van der Waals surface area contributed by atoms with Gasteiger partial charge in [0, 0.05) is 0 Å². The predicted octanol–water partition coefficient (Wildman–Crippen LogP) is 4.99. The van der Waals surface area contributed by atoms with Gasteiger partial charge in [0.1, 0.15) is 0 Å². The van der Waals surface area contributed by atoms with Crippen molar-refractivity contribution >= 4 is 17.1 Å². The number of carbonyl (C=O) groups is 1. The number of carbonyl (C=O) groups excluding carboxylic acids is 1. The van der Waals surface area contributed by atoms with E-state index in [0.717, 1.165) is 22.3 Å². The Morgan fingerprint density at radius 2 is 1.38 bits per heavy atom. The van der Waals surface area contributed by atoms with E-state index in [-0.39, 0.29) is 11.9 Å². The Balaban J connectivity index is 2.06. The zero-order valence-electron chi connectivity index (χ0n) is 14.7. The third kappa shape index (κ3) is 2.84. The van der Waals surface area contributed by atoms with E-state index in [1.807, 2.05) is 42.5 Å². The molecule has 0 radical (unpaired) electrons. The first-order chi connectivity index (χ1) is 12.8. The molecule has 1 aliphatic carbocycles. The van der Waals surface area contributed by atoms with Crippen LogP contribution >= 0.6 is 0 Å². The van der Waals surface area contributed by atoms with Gasteiger partial charge in [-0.1, -0.05) is 84.9 Å². The molecule has 0 aliphatic heterocycles. The summed E-state index contributed by atoms with van der Waals surface area (Å²) in [6.07, 6.45) is 0.656. The Hall–Kier alpha value is -3.13. The molecular weight excluding hydrogens is 320 g/mol. The Morgan fingerprint density at radius 3 is 2.04 bits per heavy atom. The molecule has 0 spiro atoms. The van der Waals surface area contributed by atoms with Crippen molar-refractivity contribution in [3.05, 3.63) is 107 Å². The van der Waals surface area contributed by atoms with E-state index in [9.17, 15) is 4.79 Å². The van der Waals surface area contributed by atoms with Gasteiger partial charge in [-0.05, 0) is 39.8 Å². The highest BCUT2D eigenvalue weighted by Crippen LogP contribution is 2.44. The molecule has 0 bridgehead atoms. The van der Waals surface area contributed by atoms with Crippen LogP contribution in [0.25, 0.3) is 11.1 Å². The molecule has 3 aromatic carbocycles. The van der Waals surface area contributed by atoms with E-state index in [4.69, 9.17) is 4.74 Å². The van der Waals surface area contributed by atoms with Gasteiger partial charge in [-0.25, -0.2) is 0 Å². The molecule has 0 aromatic heterocycles. The average molecular weight is 340 g/mol. The lowest BCUT2D eigenvalue weighted by Crippen LogP contribution is -2.25. The van der Waals surface area contributed by atoms with Crippen molar-refractivity contribution in [1.82, 2.24) is 0 Å². The number of hydrogen-bond donors (Lipinski definition) is 0. The molecule has 0 heterocycles. The van der Waals surface area contributed by atoms with E-state index in [1.165, 1.54) is 18.2 Å². The Labute approximate surface area is 153 Å². The quantitative estimate of drug-likeness (QED) is 0.628. The second kappa shape index (κ2) is 7.01. The summed E-state index contributed by atoms with van der Waals surface area (Å²) in [5.74, 6) is -0.501. The Bertz CT molecular complexity index is 956. The van der Waals surface area contributed by atoms with Gasteiger partial charge in [-0.15, -0.1) is 0 Å². The zero-order chi connectivity index (χ0) is 17.9. The maximum atomic E-state index is 12.7. The summed E-state index contributed by atoms with van der Waals surface area (Å²) in [7, 11) is 1.47. The lowest BCUT2D eigenvalue weighted by atomic mass is 9.74. The molecule has 1 unspecified atom stereocenters. The van der Waals surface area contributed by atoms with Gasteiger partial charge in [-0.2, -0.15) is 0 Å². The lowest BCUT2D eigenvalue weighted by molar-refractivity contribution is -0.143. The minimum atomic E-state index is -0.312. The molecule has 1 atom stereocenters. The van der Waals surface area contributed by atoms with Crippen LogP contribution in [0.1, 0.15) is 22.3 Å². The van der Waals surface area contributed by atoms with Gasteiger partial charge >= 0.3 is 5.97 Å². The van der Waals surface area contributed by atoms with Crippen LogP contribution in [0.5, 0.6) is 0 Å². The number of benzene rings is 3. The number of methoxy groups -OCH3 is 1. The molecule has 128 valence electrons. The normalized spacial score (nSPS) is 16.1. The van der Waals surface area contributed by atoms with Gasteiger partial charge in [0.25, 0.3) is 0 Å². The second-order valence-corrected chi connectivity index (χ2v) is 6.46. The molecule has 4 rings (SSSR count). The summed E-state index contributed by atoms with van der Waals surface area (Å²) in [4.78, 5) is 12.7. The van der Waals surface area contributed by atoms with Crippen molar-refractivity contribution in [2.45, 2.75) is 6.42 Å². The monoisotopic (exact) mass is 340 g/mol. The van der Waals surface area contributed by atoms with Gasteiger partial charge in [0.15, 0.2) is 0 Å². The molecule has 0 saturated carbocycles. The first kappa shape index (κ1) is 16.3. The van der Waals surface area contributed by atoms with Crippen molar-refractivity contribution < 1.29 is 9.53 Å². The van der Waals surface area contributed by atoms with Crippen molar-refractivity contribution in [2.75, 3.05) is 7.11 Å². The van der Waals surface area contributed by atoms with Crippen molar-refractivity contribution in [3.63, 3.8) is 0 Å². The highest BCUT2D eigenvalue weighted by atomic mass is 16.5. The van der Waals surface area contributed by atoms with E-state index < -0.39 is 0 Å². The van der Waals surface area contributed by atoms with Crippen LogP contribution in [0.3, 0.4) is 0 Å². The fourth-order valence-corrected chi connectivity index (χ4v) is 3.81. The van der Waals surface area contributed by atoms with E-state index in [0.29, 0.717) is 6.42 Å². The van der Waals surface area contributed by atoms with E-state index >= 15 is 0 Å². The van der Waals surface area contributed by atoms with Gasteiger partial charge in [0.05, 0.1) is 13.0 Å². The van der Waals surface area contributed by atoms with Crippen LogP contribution in [0.4, 0.5) is 0 Å². The van der Waals surface area contributed by atoms with Crippen molar-refractivity contribution in [2.24, 2.45) is 5.92 Å². The van der Waals surface area contributed by atoms with Crippen molar-refractivity contribution in [3.8, 4) is 0 Å². The molecule has 0 saturated heterocycles. The summed E-state index contributed by atoms with van der Waals surface area (Å²) >= 11 is 0. The maximum absolute atomic E-state index is 12.7. The third-order valence-corrected chi connectivity index (χ3v) is 4.96. The summed E-state index contributed by atoms with van der Waals surface area (Å²) < 4.78 is 5.17. The maximum Gasteiger partial charge on any atom is 0.313 e. The predicted molar refractivity (Wildman–Crippen MR) is 104 cm³/mol. The highest BCUT2D eigenvalue weighted by Gasteiger charge is 2.33. The van der Waals surface area contributed by atoms with Gasteiger partial charge < -0.3 is 4.74 Å². The summed E-state index contributed by atoms with van der Waals surface area (Å²) in [6.45, 7) is 0. The summed E-state index contributed by atoms with van der Waals surface area (Å²) in [6, 6.07) is 28.8. The molecule has 2 nitrogen and oxygen atoms in total. The fraction of sp³-hybridized carbons (Fsp3) is 0.125. The van der Waals surface area contributed by atoms with Crippen LogP contribution in [0.2, 0.25) is 0 Å². The molecule has 0 fully saturated rings. The third-order valence-electron chi connectivity index (χ3n) is 4.96. The fourth-order valence-electron chi connectivity index (χ4n) is 3.81. The van der Waals surface area contributed by atoms with Crippen molar-refractivity contribution in [1.29, 1.82) is 0 Å². The standard InChI is InChI=1S/C24H20O2/c1-26-24(25)21-16-19-14-8-9-15-20(19)22(17-10-4-2-5-11-17)23(21)18-12-6-3-7-13-18/h2-15,21H,16H2,1H3. The SMILES string of the molecule is COC(=O)C1Cc2ccccc2C(c2ccccc2)=C1c1ccccc1. The summed E-state index contributed by atoms with van der Waals surface area (Å²) in [5.41, 5.74) is 6.72. The molecule has 1 aliphatic rings. The van der Waals surface area contributed by atoms with Crippen LogP contribution in [0.15, 0.2) is 84.9 Å². The second-order valence-electron chi connectivity index (χ2n) is 6.46. The first-order valence-electron chi connectivity index (χ1n) is 8.80. The number of esters is 1.